The molecule has 1 aliphatic rings. The fourth-order valence-electron chi connectivity index (χ4n) is 1.28. The van der Waals surface area contributed by atoms with Crippen LogP contribution >= 0.6 is 0 Å². The number of methoxy groups -OCH3 is 1. The molecule has 13 heavy (non-hydrogen) atoms. The van der Waals surface area contributed by atoms with Crippen molar-refractivity contribution in [3.63, 3.8) is 0 Å². The number of carboxylic acids is 1. The van der Waals surface area contributed by atoms with Crippen molar-refractivity contribution in [1.29, 1.82) is 0 Å². The molecule has 0 saturated carbocycles. The van der Waals surface area contributed by atoms with Crippen LogP contribution in [0.1, 0.15) is 6.42 Å². The van der Waals surface area contributed by atoms with Crippen molar-refractivity contribution in [2.24, 2.45) is 5.92 Å². The van der Waals surface area contributed by atoms with Crippen LogP contribution in [0.15, 0.2) is 0 Å². The summed E-state index contributed by atoms with van der Waals surface area (Å²) in [6, 6.07) is 0. The SMILES string of the molecule is COCCCN1CC(C(=O)O)C1=O. The lowest BCUT2D eigenvalue weighted by atomic mass is 9.99. The van der Waals surface area contributed by atoms with Crippen molar-refractivity contribution in [3.05, 3.63) is 0 Å². The van der Waals surface area contributed by atoms with Gasteiger partial charge in [0.25, 0.3) is 0 Å². The average Bonchev–Trinajstić information content (AvgIpc) is 2.08. The quantitative estimate of drug-likeness (QED) is 0.360. The Kier molecular flexibility index (Phi) is 3.25. The van der Waals surface area contributed by atoms with Gasteiger partial charge in [-0.05, 0) is 6.42 Å². The number of carbonyl (C=O) groups excluding carboxylic acids is 1. The number of carbonyl (C=O) groups is 2. The molecule has 5 heteroatoms. The molecule has 0 aromatic heterocycles. The Morgan fingerprint density at radius 2 is 2.46 bits per heavy atom. The Bertz CT molecular complexity index is 216. The number of carboxylic acid groups (broad SMARTS) is 1. The van der Waals surface area contributed by atoms with Gasteiger partial charge in [0.15, 0.2) is 5.92 Å². The third kappa shape index (κ3) is 2.18. The number of aliphatic carboxylic acids is 1. The monoisotopic (exact) mass is 187 g/mol. The highest BCUT2D eigenvalue weighted by molar-refractivity contribution is 6.01. The number of nitrogens with zero attached hydrogens (tertiary/aromatic N) is 1. The molecule has 1 saturated heterocycles. The lowest BCUT2D eigenvalue weighted by Gasteiger charge is -2.35. The highest BCUT2D eigenvalue weighted by Crippen LogP contribution is 2.17. The van der Waals surface area contributed by atoms with E-state index in [-0.39, 0.29) is 5.91 Å². The molecule has 0 aromatic rings. The predicted octanol–water partition coefficient (Wildman–Crippen LogP) is -0.434. The minimum atomic E-state index is -1.02. The number of ether oxygens (including phenoxy) is 1. The van der Waals surface area contributed by atoms with E-state index in [1.807, 2.05) is 0 Å². The number of rotatable bonds is 5. The van der Waals surface area contributed by atoms with Crippen molar-refractivity contribution in [2.45, 2.75) is 6.42 Å². The maximum atomic E-state index is 11.1. The van der Waals surface area contributed by atoms with Gasteiger partial charge in [0.05, 0.1) is 0 Å². The van der Waals surface area contributed by atoms with Crippen LogP contribution in [0.5, 0.6) is 0 Å². The van der Waals surface area contributed by atoms with Crippen LogP contribution in [0.2, 0.25) is 0 Å². The zero-order valence-electron chi connectivity index (χ0n) is 7.52. The maximum Gasteiger partial charge on any atom is 0.317 e. The molecule has 74 valence electrons. The topological polar surface area (TPSA) is 66.8 Å². The molecule has 1 fully saturated rings. The first kappa shape index (κ1) is 9.98. The number of likely N-dealkylation sites (tertiary alicyclic amines) is 1. The van der Waals surface area contributed by atoms with Gasteiger partial charge in [-0.3, -0.25) is 9.59 Å². The molecule has 1 heterocycles. The number of hydrogen-bond acceptors (Lipinski definition) is 3. The maximum absolute atomic E-state index is 11.1. The van der Waals surface area contributed by atoms with Crippen LogP contribution < -0.4 is 0 Å². The summed E-state index contributed by atoms with van der Waals surface area (Å²) in [6.45, 7) is 1.54. The predicted molar refractivity (Wildman–Crippen MR) is 44.2 cm³/mol. The van der Waals surface area contributed by atoms with E-state index in [0.717, 1.165) is 6.42 Å². The van der Waals surface area contributed by atoms with Crippen LogP contribution in [0.3, 0.4) is 0 Å². The van der Waals surface area contributed by atoms with Crippen LogP contribution in [0, 0.1) is 5.92 Å². The van der Waals surface area contributed by atoms with Crippen molar-refractivity contribution in [2.75, 3.05) is 26.8 Å². The zero-order valence-corrected chi connectivity index (χ0v) is 7.52. The van der Waals surface area contributed by atoms with Gasteiger partial charge in [-0.15, -0.1) is 0 Å². The second-order valence-corrected chi connectivity index (χ2v) is 3.02. The van der Waals surface area contributed by atoms with E-state index in [1.165, 1.54) is 4.90 Å². The summed E-state index contributed by atoms with van der Waals surface area (Å²) in [5.41, 5.74) is 0. The van der Waals surface area contributed by atoms with Gasteiger partial charge in [0, 0.05) is 26.8 Å². The summed E-state index contributed by atoms with van der Waals surface area (Å²) in [5, 5.41) is 8.52. The molecule has 1 rings (SSSR count). The molecule has 1 aliphatic heterocycles. The Hall–Kier alpha value is -1.10. The lowest BCUT2D eigenvalue weighted by Crippen LogP contribution is -2.55. The second kappa shape index (κ2) is 4.23. The van der Waals surface area contributed by atoms with Gasteiger partial charge in [0.2, 0.25) is 5.91 Å². The zero-order chi connectivity index (χ0) is 9.84. The van der Waals surface area contributed by atoms with E-state index < -0.39 is 11.9 Å². The summed E-state index contributed by atoms with van der Waals surface area (Å²) in [5.74, 6) is -2.10. The van der Waals surface area contributed by atoms with Crippen molar-refractivity contribution >= 4 is 11.9 Å². The fraction of sp³-hybridized carbons (Fsp3) is 0.750. The minimum absolute atomic E-state index is 0.274. The molecule has 0 radical (unpaired) electrons. The molecular weight excluding hydrogens is 174 g/mol. The van der Waals surface area contributed by atoms with E-state index in [2.05, 4.69) is 0 Å². The molecular formula is C8H13NO4. The minimum Gasteiger partial charge on any atom is -0.481 e. The Labute approximate surface area is 76.3 Å². The van der Waals surface area contributed by atoms with E-state index in [9.17, 15) is 9.59 Å². The van der Waals surface area contributed by atoms with Crippen LogP contribution in [-0.4, -0.2) is 48.7 Å². The Morgan fingerprint density at radius 3 is 2.92 bits per heavy atom. The largest absolute Gasteiger partial charge is 0.481 e. The highest BCUT2D eigenvalue weighted by Gasteiger charge is 2.41. The summed E-state index contributed by atoms with van der Waals surface area (Å²) in [4.78, 5) is 23.0. The van der Waals surface area contributed by atoms with Crippen molar-refractivity contribution < 1.29 is 19.4 Å². The van der Waals surface area contributed by atoms with Gasteiger partial charge in [-0.2, -0.15) is 0 Å². The van der Waals surface area contributed by atoms with Gasteiger partial charge in [-0.25, -0.2) is 0 Å². The molecule has 1 N–H and O–H groups in total. The summed E-state index contributed by atoms with van der Waals surface area (Å²) >= 11 is 0. The molecule has 0 aromatic carbocycles. The van der Waals surface area contributed by atoms with Crippen LogP contribution in [0.4, 0.5) is 0 Å². The third-order valence-electron chi connectivity index (χ3n) is 2.09. The van der Waals surface area contributed by atoms with E-state index in [4.69, 9.17) is 9.84 Å². The molecule has 1 amide bonds. The van der Waals surface area contributed by atoms with E-state index in [0.29, 0.717) is 19.7 Å². The van der Waals surface area contributed by atoms with Crippen LogP contribution in [0.25, 0.3) is 0 Å². The standard InChI is InChI=1S/C8H13NO4/c1-13-4-2-3-9-5-6(7(9)10)8(11)12/h6H,2-5H2,1H3,(H,11,12). The van der Waals surface area contributed by atoms with Gasteiger partial charge >= 0.3 is 5.97 Å². The van der Waals surface area contributed by atoms with Crippen LogP contribution in [-0.2, 0) is 14.3 Å². The Balaban J connectivity index is 2.20. The average molecular weight is 187 g/mol. The molecule has 5 nitrogen and oxygen atoms in total. The summed E-state index contributed by atoms with van der Waals surface area (Å²) in [7, 11) is 1.60. The first-order valence-electron chi connectivity index (χ1n) is 4.17. The second-order valence-electron chi connectivity index (χ2n) is 3.02. The Morgan fingerprint density at radius 1 is 1.77 bits per heavy atom. The first-order valence-corrected chi connectivity index (χ1v) is 4.17. The number of hydrogen-bond donors (Lipinski definition) is 1. The normalized spacial score (nSPS) is 21.5. The fourth-order valence-corrected chi connectivity index (χ4v) is 1.28. The number of β-lactam (4-membered cyclic amide) rings is 1. The highest BCUT2D eigenvalue weighted by atomic mass is 16.5. The molecule has 0 spiro atoms. The summed E-state index contributed by atoms with van der Waals surface area (Å²) < 4.78 is 4.82. The number of amides is 1. The lowest BCUT2D eigenvalue weighted by molar-refractivity contribution is -0.162. The summed E-state index contributed by atoms with van der Waals surface area (Å²) in [6.07, 6.45) is 0.759. The molecule has 0 aliphatic carbocycles. The van der Waals surface area contributed by atoms with Gasteiger partial charge in [0.1, 0.15) is 0 Å². The van der Waals surface area contributed by atoms with Crippen molar-refractivity contribution in [3.8, 4) is 0 Å². The van der Waals surface area contributed by atoms with Crippen molar-refractivity contribution in [1.82, 2.24) is 4.90 Å². The van der Waals surface area contributed by atoms with Gasteiger partial charge in [-0.1, -0.05) is 0 Å². The van der Waals surface area contributed by atoms with E-state index >= 15 is 0 Å². The molecule has 1 atom stereocenters. The molecule has 0 bridgehead atoms. The smallest absolute Gasteiger partial charge is 0.317 e. The third-order valence-corrected chi connectivity index (χ3v) is 2.09. The first-order chi connectivity index (χ1) is 6.16. The molecule has 1 unspecified atom stereocenters. The van der Waals surface area contributed by atoms with Gasteiger partial charge < -0.3 is 14.7 Å². The van der Waals surface area contributed by atoms with E-state index in [1.54, 1.807) is 7.11 Å².